The number of aryl methyl sites for hydroxylation is 1. The molecule has 4 fully saturated rings. The van der Waals surface area contributed by atoms with Crippen molar-refractivity contribution < 1.29 is 38.1 Å². The van der Waals surface area contributed by atoms with Gasteiger partial charge in [-0.15, -0.1) is 11.8 Å². The van der Waals surface area contributed by atoms with E-state index in [1.807, 2.05) is 6.92 Å². The van der Waals surface area contributed by atoms with Crippen LogP contribution < -0.4 is 10.7 Å². The number of pyridine rings is 1. The lowest BCUT2D eigenvalue weighted by Crippen LogP contribution is -2.63. The van der Waals surface area contributed by atoms with Gasteiger partial charge in [0.05, 0.1) is 43.4 Å². The third-order valence-electron chi connectivity index (χ3n) is 14.3. The molecule has 3 aromatic rings. The number of hydrazine groups is 1. The molecule has 1 unspecified atom stereocenters. The van der Waals surface area contributed by atoms with E-state index in [0.717, 1.165) is 65.0 Å². The number of esters is 1. The molecule has 16 heteroatoms. The van der Waals surface area contributed by atoms with Gasteiger partial charge in [-0.3, -0.25) is 29.5 Å². The number of alkyl carbamates (subject to hydrolysis) is 1. The quantitative estimate of drug-likeness (QED) is 0.202. The predicted octanol–water partition coefficient (Wildman–Crippen LogP) is 7.65. The summed E-state index contributed by atoms with van der Waals surface area (Å²) in [6.45, 7) is 18.8. The lowest BCUT2D eigenvalue weighted by Gasteiger charge is -2.49. The molecular formula is C51H71N7O8S. The first-order chi connectivity index (χ1) is 32.1. The Bertz CT molecular complexity index is 2360. The Morgan fingerprint density at radius 1 is 1.06 bits per heavy atom. The number of rotatable bonds is 9. The Hall–Kier alpha value is -4.06. The average Bonchev–Trinajstić information content (AvgIpc) is 3.95. The van der Waals surface area contributed by atoms with Gasteiger partial charge in [0.15, 0.2) is 0 Å². The third kappa shape index (κ3) is 10.0. The monoisotopic (exact) mass is 942 g/mol. The number of nitrogens with zero attached hydrogens (tertiary/aromatic N) is 5. The topological polar surface area (TPSA) is 158 Å². The summed E-state index contributed by atoms with van der Waals surface area (Å²) < 4.78 is 32.9. The van der Waals surface area contributed by atoms with Crippen LogP contribution in [0, 0.1) is 5.41 Å². The highest BCUT2D eigenvalue weighted by molar-refractivity contribution is 8.14. The first-order valence-electron chi connectivity index (χ1n) is 24.6. The molecule has 67 heavy (non-hydrogen) atoms. The molecule has 8 bridgehead atoms. The van der Waals surface area contributed by atoms with Crippen LogP contribution >= 0.6 is 11.8 Å². The molecule has 364 valence electrons. The molecule has 7 atom stereocenters. The van der Waals surface area contributed by atoms with Crippen LogP contribution in [0.3, 0.4) is 0 Å². The normalized spacial score (nSPS) is 28.7. The number of morpholine rings is 1. The zero-order valence-corrected chi connectivity index (χ0v) is 41.7. The number of hydrogen-bond acceptors (Lipinski definition) is 13. The molecule has 3 saturated heterocycles. The molecule has 1 saturated carbocycles. The number of benzene rings is 1. The third-order valence-corrected chi connectivity index (χ3v) is 15.5. The van der Waals surface area contributed by atoms with Crippen molar-refractivity contribution in [3.63, 3.8) is 0 Å². The number of carbonyl (C=O) groups is 3. The Morgan fingerprint density at radius 3 is 2.51 bits per heavy atom. The van der Waals surface area contributed by atoms with Gasteiger partial charge in [-0.05, 0) is 127 Å². The number of fused-ring (bicyclic) bond motifs is 7. The second-order valence-electron chi connectivity index (χ2n) is 21.2. The Morgan fingerprint density at radius 2 is 1.82 bits per heavy atom. The second-order valence-corrected chi connectivity index (χ2v) is 22.2. The number of aliphatic imine (C=N–C) groups is 1. The fraction of sp³-hybridized carbons (Fsp3) is 0.667. The van der Waals surface area contributed by atoms with Crippen LogP contribution in [-0.2, 0) is 46.2 Å². The van der Waals surface area contributed by atoms with Crippen LogP contribution in [0.5, 0.6) is 0 Å². The number of carbonyl (C=O) groups excluding carboxylic acids is 3. The van der Waals surface area contributed by atoms with Gasteiger partial charge in [-0.1, -0.05) is 19.9 Å². The highest BCUT2D eigenvalue weighted by atomic mass is 32.2. The minimum atomic E-state index is -1.19. The number of hydrogen-bond donors (Lipinski definition) is 2. The molecule has 0 spiro atoms. The first-order valence-corrected chi connectivity index (χ1v) is 25.6. The van der Waals surface area contributed by atoms with E-state index < -0.39 is 47.2 Å². The Labute approximate surface area is 399 Å². The number of thioether (sulfide) groups is 1. The summed E-state index contributed by atoms with van der Waals surface area (Å²) in [7, 11) is 1.74. The summed E-state index contributed by atoms with van der Waals surface area (Å²) in [5, 5.41) is 6.00. The number of piperidine rings is 1. The zero-order chi connectivity index (χ0) is 47.4. The molecule has 1 aliphatic carbocycles. The number of nitrogens with one attached hydrogen (secondary N) is 2. The number of methoxy groups -OCH3 is 1. The second kappa shape index (κ2) is 19.4. The molecular weight excluding hydrogens is 871 g/mol. The van der Waals surface area contributed by atoms with Crippen LogP contribution in [0.1, 0.15) is 134 Å². The summed E-state index contributed by atoms with van der Waals surface area (Å²) in [5.74, 6) is 0.101. The fourth-order valence-electron chi connectivity index (χ4n) is 11.1. The van der Waals surface area contributed by atoms with E-state index in [-0.39, 0.29) is 25.4 Å². The van der Waals surface area contributed by atoms with Crippen LogP contribution in [0.25, 0.3) is 22.2 Å². The molecule has 2 aromatic heterocycles. The van der Waals surface area contributed by atoms with Crippen molar-refractivity contribution in [2.45, 2.75) is 167 Å². The molecule has 0 radical (unpaired) electrons. The van der Waals surface area contributed by atoms with E-state index in [1.165, 1.54) is 35.2 Å². The van der Waals surface area contributed by atoms with Gasteiger partial charge in [0.25, 0.3) is 5.91 Å². The standard InChI is InChI=1S/C51H71N7O8S/c1-10-56-41-17-14-30-21-36(41)38(44(56)37-22-32(24-52-42(37)29(3)62-9)31-19-34-25-63-26-35(20-31)58(34)33-15-16-33)23-51(7,8)28-65-48(60)39-13-12-18-57(55-39)47(59)43(54-49(61)66-50(4,5)6)45(64-11-2)46-53-40(30)27-67-46/h14,17,21-22,24,29,31,33-35,39-40,43,45,55H,10-13,15-16,18-20,23,25-28H2,1-9H3,(H,54,61)/t29-,34+,35+,39-,40?,43-,45-/m0/s1. The van der Waals surface area contributed by atoms with Crippen molar-refractivity contribution >= 4 is 45.7 Å². The van der Waals surface area contributed by atoms with Gasteiger partial charge in [0.1, 0.15) is 28.8 Å². The van der Waals surface area contributed by atoms with Gasteiger partial charge in [-0.25, -0.2) is 10.2 Å². The number of aromatic nitrogens is 2. The first kappa shape index (κ1) is 48.0. The highest BCUT2D eigenvalue weighted by Crippen LogP contribution is 2.47. The average molecular weight is 942 g/mol. The molecule has 1 aromatic carbocycles. The molecule has 9 rings (SSSR count). The summed E-state index contributed by atoms with van der Waals surface area (Å²) >= 11 is 1.53. The maximum Gasteiger partial charge on any atom is 0.408 e. The van der Waals surface area contributed by atoms with E-state index in [2.05, 4.69) is 78.4 Å². The van der Waals surface area contributed by atoms with Gasteiger partial charge in [0.2, 0.25) is 0 Å². The maximum absolute atomic E-state index is 14.6. The Balaban J connectivity index is 1.17. The van der Waals surface area contributed by atoms with Gasteiger partial charge >= 0.3 is 12.1 Å². The summed E-state index contributed by atoms with van der Waals surface area (Å²) in [6.07, 6.45) is 6.51. The van der Waals surface area contributed by atoms with Crippen molar-refractivity contribution in [2.24, 2.45) is 10.4 Å². The van der Waals surface area contributed by atoms with Crippen LogP contribution in [-0.4, -0.2) is 130 Å². The van der Waals surface area contributed by atoms with E-state index >= 15 is 0 Å². The van der Waals surface area contributed by atoms with Crippen molar-refractivity contribution in [1.29, 1.82) is 0 Å². The Kier molecular flexibility index (Phi) is 13.9. The summed E-state index contributed by atoms with van der Waals surface area (Å²) in [5.41, 5.74) is 9.48. The summed E-state index contributed by atoms with van der Waals surface area (Å²) in [6, 6.07) is 8.41. The highest BCUT2D eigenvalue weighted by Gasteiger charge is 2.47. The van der Waals surface area contributed by atoms with Crippen molar-refractivity contribution in [2.75, 3.05) is 45.8 Å². The van der Waals surface area contributed by atoms with Crippen LogP contribution in [0.4, 0.5) is 4.79 Å². The molecule has 6 aliphatic rings. The fourth-order valence-corrected chi connectivity index (χ4v) is 12.2. The predicted molar refractivity (Wildman–Crippen MR) is 259 cm³/mol. The smallest absolute Gasteiger partial charge is 0.408 e. The van der Waals surface area contributed by atoms with Gasteiger partial charge < -0.3 is 33.6 Å². The molecule has 2 N–H and O–H groups in total. The molecule has 15 nitrogen and oxygen atoms in total. The lowest BCUT2D eigenvalue weighted by atomic mass is 9.80. The largest absolute Gasteiger partial charge is 0.464 e. The minimum Gasteiger partial charge on any atom is -0.464 e. The van der Waals surface area contributed by atoms with E-state index in [4.69, 9.17) is 33.7 Å². The van der Waals surface area contributed by atoms with E-state index in [9.17, 15) is 14.4 Å². The van der Waals surface area contributed by atoms with Crippen molar-refractivity contribution in [1.82, 2.24) is 30.2 Å². The zero-order valence-electron chi connectivity index (χ0n) is 40.9. The van der Waals surface area contributed by atoms with E-state index in [1.54, 1.807) is 27.9 Å². The van der Waals surface area contributed by atoms with Crippen LogP contribution in [0.2, 0.25) is 0 Å². The number of ether oxygens (including phenoxy) is 5. The molecule has 5 aliphatic heterocycles. The molecule has 2 amide bonds. The summed E-state index contributed by atoms with van der Waals surface area (Å²) in [4.78, 5) is 55.4. The minimum absolute atomic E-state index is 0.155. The van der Waals surface area contributed by atoms with Crippen molar-refractivity contribution in [3.8, 4) is 11.3 Å². The van der Waals surface area contributed by atoms with Crippen LogP contribution in [0.15, 0.2) is 35.5 Å². The van der Waals surface area contributed by atoms with Gasteiger partial charge in [0, 0.05) is 78.8 Å². The number of amides is 2. The maximum atomic E-state index is 14.6. The van der Waals surface area contributed by atoms with E-state index in [0.29, 0.717) is 67.2 Å². The lowest BCUT2D eigenvalue weighted by molar-refractivity contribution is -0.155. The molecule has 7 heterocycles. The SMILES string of the molecule is CCO[C@@H]1C2=NC(CS2)c2ccc3c(c2)c(c(-c2cc(C4C[C@@H]5COC[C@@H](C4)N5C4CC4)cnc2[C@H](C)OC)n3CC)CC(C)(C)COC(=O)[C@@H]2CCCN(N2)C(=O)[C@H]1NC(=O)OC(C)(C)C. The van der Waals surface area contributed by atoms with Crippen molar-refractivity contribution in [3.05, 3.63) is 52.8 Å². The number of cyclic esters (lactones) is 1. The van der Waals surface area contributed by atoms with Gasteiger partial charge in [-0.2, -0.15) is 0 Å².